The fourth-order valence-electron chi connectivity index (χ4n) is 4.11. The van der Waals surface area contributed by atoms with Crippen LogP contribution in [0.3, 0.4) is 0 Å². The van der Waals surface area contributed by atoms with Gasteiger partial charge in [0.2, 0.25) is 0 Å². The zero-order valence-corrected chi connectivity index (χ0v) is 24.8. The van der Waals surface area contributed by atoms with Crippen LogP contribution >= 0.6 is 11.6 Å². The highest BCUT2D eigenvalue weighted by Gasteiger charge is 2.10. The van der Waals surface area contributed by atoms with Crippen LogP contribution in [0.5, 0.6) is 5.75 Å². The number of aromatic amines is 1. The van der Waals surface area contributed by atoms with Crippen LogP contribution in [0.25, 0.3) is 22.0 Å². The fraction of sp³-hybridized carbons (Fsp3) is 0.226. The highest BCUT2D eigenvalue weighted by molar-refractivity contribution is 7.84. The minimum absolute atomic E-state index is 0.208. The Hall–Kier alpha value is -3.79. The second-order valence-corrected chi connectivity index (χ2v) is 11.0. The maximum absolute atomic E-state index is 13.4. The number of H-pyrrole nitrogens is 1. The summed E-state index contributed by atoms with van der Waals surface area (Å²) < 4.78 is 30.5. The van der Waals surface area contributed by atoms with Crippen molar-refractivity contribution in [2.75, 3.05) is 23.9 Å². The van der Waals surface area contributed by atoms with Crippen molar-refractivity contribution in [3.8, 4) is 16.9 Å². The SMILES string of the molecule is CC.CS(=O)CCNCc1cc(-c2ccc3ncnc(Nc4ccc(OCc5cccc(F)c5)c(Cl)c4)c3c2)c[nH]1. The molecular weight excluding hydrogens is 561 g/mol. The summed E-state index contributed by atoms with van der Waals surface area (Å²) >= 11 is 6.48. The van der Waals surface area contributed by atoms with Crippen molar-refractivity contribution in [1.29, 1.82) is 0 Å². The zero-order valence-electron chi connectivity index (χ0n) is 23.2. The molecule has 0 radical (unpaired) electrons. The Morgan fingerprint density at radius 1 is 1.02 bits per heavy atom. The third kappa shape index (κ3) is 8.36. The predicted molar refractivity (Wildman–Crippen MR) is 167 cm³/mol. The number of ether oxygens (including phenoxy) is 1. The van der Waals surface area contributed by atoms with E-state index in [1.54, 1.807) is 30.5 Å². The molecule has 0 spiro atoms. The molecule has 0 aliphatic rings. The van der Waals surface area contributed by atoms with Crippen molar-refractivity contribution in [3.63, 3.8) is 0 Å². The monoisotopic (exact) mass is 593 g/mol. The lowest BCUT2D eigenvalue weighted by Crippen LogP contribution is -2.19. The van der Waals surface area contributed by atoms with Gasteiger partial charge in [-0.2, -0.15) is 0 Å². The normalized spacial score (nSPS) is 11.5. The molecule has 41 heavy (non-hydrogen) atoms. The lowest BCUT2D eigenvalue weighted by atomic mass is 10.1. The maximum atomic E-state index is 13.4. The number of nitrogens with zero attached hydrogens (tertiary/aromatic N) is 2. The van der Waals surface area contributed by atoms with Crippen molar-refractivity contribution < 1.29 is 13.3 Å². The number of hydrogen-bond donors (Lipinski definition) is 3. The quantitative estimate of drug-likeness (QED) is 0.140. The van der Waals surface area contributed by atoms with Crippen molar-refractivity contribution >= 4 is 44.8 Å². The molecule has 1 atom stereocenters. The Bertz CT molecular complexity index is 1630. The Morgan fingerprint density at radius 2 is 1.88 bits per heavy atom. The van der Waals surface area contributed by atoms with Crippen molar-refractivity contribution in [3.05, 3.63) is 101 Å². The smallest absolute Gasteiger partial charge is 0.141 e. The lowest BCUT2D eigenvalue weighted by molar-refractivity contribution is 0.306. The molecule has 0 saturated carbocycles. The molecule has 0 amide bonds. The van der Waals surface area contributed by atoms with Crippen molar-refractivity contribution in [2.24, 2.45) is 0 Å². The number of aromatic nitrogens is 3. The first-order valence-electron chi connectivity index (χ1n) is 13.3. The van der Waals surface area contributed by atoms with E-state index in [4.69, 9.17) is 16.3 Å². The molecule has 0 bridgehead atoms. The molecule has 10 heteroatoms. The molecule has 0 aliphatic carbocycles. The van der Waals surface area contributed by atoms with Gasteiger partial charge in [0.05, 0.1) is 10.5 Å². The molecule has 5 rings (SSSR count). The largest absolute Gasteiger partial charge is 0.487 e. The van der Waals surface area contributed by atoms with E-state index >= 15 is 0 Å². The van der Waals surface area contributed by atoms with Crippen LogP contribution in [0.1, 0.15) is 25.1 Å². The first-order valence-corrected chi connectivity index (χ1v) is 15.4. The van der Waals surface area contributed by atoms with E-state index in [0.717, 1.165) is 39.0 Å². The predicted octanol–water partition coefficient (Wildman–Crippen LogP) is 7.23. The summed E-state index contributed by atoms with van der Waals surface area (Å²) in [6.07, 6.45) is 5.19. The minimum Gasteiger partial charge on any atom is -0.487 e. The van der Waals surface area contributed by atoms with Gasteiger partial charge in [-0.1, -0.05) is 43.6 Å². The minimum atomic E-state index is -0.806. The summed E-state index contributed by atoms with van der Waals surface area (Å²) in [6, 6.07) is 19.8. The van der Waals surface area contributed by atoms with Gasteiger partial charge in [0.1, 0.15) is 30.3 Å². The number of anilines is 2. The van der Waals surface area contributed by atoms with Crippen molar-refractivity contribution in [2.45, 2.75) is 27.0 Å². The van der Waals surface area contributed by atoms with E-state index < -0.39 is 10.8 Å². The maximum Gasteiger partial charge on any atom is 0.141 e. The summed E-state index contributed by atoms with van der Waals surface area (Å²) in [5, 5.41) is 7.93. The van der Waals surface area contributed by atoms with Gasteiger partial charge in [0.15, 0.2) is 0 Å². The van der Waals surface area contributed by atoms with Crippen LogP contribution < -0.4 is 15.4 Å². The van der Waals surface area contributed by atoms with E-state index in [1.165, 1.54) is 18.5 Å². The molecule has 2 heterocycles. The molecule has 0 saturated heterocycles. The summed E-state index contributed by atoms with van der Waals surface area (Å²) in [5.74, 6) is 1.47. The number of hydrogen-bond acceptors (Lipinski definition) is 6. The second-order valence-electron chi connectivity index (χ2n) is 9.01. The molecule has 1 unspecified atom stereocenters. The summed E-state index contributed by atoms with van der Waals surface area (Å²) in [7, 11) is -0.806. The first-order chi connectivity index (χ1) is 19.9. The van der Waals surface area contributed by atoms with Gasteiger partial charge in [-0.3, -0.25) is 4.21 Å². The van der Waals surface area contributed by atoms with Gasteiger partial charge in [-0.05, 0) is 65.2 Å². The third-order valence-corrected chi connectivity index (χ3v) is 7.15. The Labute approximate surface area is 247 Å². The van der Waals surface area contributed by atoms with Crippen LogP contribution in [0, 0.1) is 5.82 Å². The van der Waals surface area contributed by atoms with Crippen LogP contribution in [0.2, 0.25) is 5.02 Å². The average molecular weight is 594 g/mol. The van der Waals surface area contributed by atoms with Crippen LogP contribution in [-0.2, 0) is 24.0 Å². The molecule has 0 fully saturated rings. The van der Waals surface area contributed by atoms with Gasteiger partial charge in [-0.15, -0.1) is 0 Å². The third-order valence-electron chi connectivity index (χ3n) is 6.07. The molecule has 2 aromatic heterocycles. The second kappa shape index (κ2) is 14.7. The van der Waals surface area contributed by atoms with Gasteiger partial charge >= 0.3 is 0 Å². The van der Waals surface area contributed by atoms with E-state index in [2.05, 4.69) is 37.7 Å². The molecule has 5 aromatic rings. The number of fused-ring (bicyclic) bond motifs is 1. The highest BCUT2D eigenvalue weighted by Crippen LogP contribution is 2.32. The summed E-state index contributed by atoms with van der Waals surface area (Å²) in [5.41, 5.74) is 5.39. The summed E-state index contributed by atoms with van der Waals surface area (Å²) in [4.78, 5) is 12.2. The van der Waals surface area contributed by atoms with Crippen LogP contribution in [0.15, 0.2) is 79.3 Å². The standard InChI is InChI=1S/C29H27ClFN5O2S.C2H6/c1-39(37)10-9-32-16-24-12-21(15-33-24)20-5-7-27-25(13-20)29(35-18-34-27)36-23-6-8-28(26(30)14-23)38-17-19-3-2-4-22(31)11-19;1-2/h2-8,11-15,18,32-33H,9-10,16-17H2,1H3,(H,34,35,36);1-2H3. The van der Waals surface area contributed by atoms with Crippen molar-refractivity contribution in [1.82, 2.24) is 20.3 Å². The van der Waals surface area contributed by atoms with Crippen LogP contribution in [0.4, 0.5) is 15.9 Å². The van der Waals surface area contributed by atoms with Crippen LogP contribution in [-0.4, -0.2) is 37.7 Å². The Balaban J connectivity index is 0.00000189. The molecule has 7 nitrogen and oxygen atoms in total. The Morgan fingerprint density at radius 3 is 2.66 bits per heavy atom. The molecule has 3 N–H and O–H groups in total. The number of benzene rings is 3. The van der Waals surface area contributed by atoms with Gasteiger partial charge in [0.25, 0.3) is 0 Å². The number of rotatable bonds is 11. The number of nitrogens with one attached hydrogen (secondary N) is 3. The van der Waals surface area contributed by atoms with Gasteiger partial charge in [-0.25, -0.2) is 14.4 Å². The average Bonchev–Trinajstić information content (AvgIpc) is 3.45. The topological polar surface area (TPSA) is 91.9 Å². The molecule has 3 aromatic carbocycles. The van der Waals surface area contributed by atoms with Gasteiger partial charge < -0.3 is 20.4 Å². The van der Waals surface area contributed by atoms with Gasteiger partial charge in [0, 0.05) is 58.9 Å². The van der Waals surface area contributed by atoms with E-state index in [-0.39, 0.29) is 12.4 Å². The molecule has 0 aliphatic heterocycles. The highest BCUT2D eigenvalue weighted by atomic mass is 35.5. The van der Waals surface area contributed by atoms with E-state index in [9.17, 15) is 8.60 Å². The molecular formula is C31H33ClFN5O2S. The van der Waals surface area contributed by atoms with E-state index in [1.807, 2.05) is 38.2 Å². The van der Waals surface area contributed by atoms with E-state index in [0.29, 0.717) is 35.4 Å². The zero-order chi connectivity index (χ0) is 29.2. The lowest BCUT2D eigenvalue weighted by Gasteiger charge is -2.12. The number of halogens is 2. The summed E-state index contributed by atoms with van der Waals surface area (Å²) in [6.45, 7) is 5.58. The molecule has 214 valence electrons. The fourth-order valence-corrected chi connectivity index (χ4v) is 4.77. The Kier molecular flexibility index (Phi) is 10.8. The first kappa shape index (κ1) is 30.2.